The van der Waals surface area contributed by atoms with E-state index in [0.29, 0.717) is 25.3 Å². The Balaban J connectivity index is 1.74. The third kappa shape index (κ3) is 4.55. The molecule has 2 aromatic carbocycles. The third-order valence-electron chi connectivity index (χ3n) is 7.06. The van der Waals surface area contributed by atoms with Gasteiger partial charge in [0.2, 0.25) is 0 Å². The summed E-state index contributed by atoms with van der Waals surface area (Å²) in [5.41, 5.74) is 4.27. The lowest BCUT2D eigenvalue weighted by Crippen LogP contribution is -2.32. The van der Waals surface area contributed by atoms with E-state index in [1.165, 1.54) is 12.3 Å². The summed E-state index contributed by atoms with van der Waals surface area (Å²) in [5, 5.41) is 10.6. The average molecular weight is 502 g/mol. The van der Waals surface area contributed by atoms with Gasteiger partial charge in [-0.3, -0.25) is 4.79 Å². The SMILES string of the molecule is COCCCOc1cc2c(cc1-c1coc3ccccc13)-c1cc(=O)c(C(=O)O)cn1[C@H](C(C)(C)C)C2. The Morgan fingerprint density at radius 1 is 1.11 bits per heavy atom. The number of fused-ring (bicyclic) bond motifs is 4. The topological polar surface area (TPSA) is 90.9 Å². The van der Waals surface area contributed by atoms with Crippen LogP contribution < -0.4 is 10.2 Å². The Labute approximate surface area is 215 Å². The molecule has 192 valence electrons. The second kappa shape index (κ2) is 9.56. The quantitative estimate of drug-likeness (QED) is 0.304. The van der Waals surface area contributed by atoms with E-state index < -0.39 is 11.4 Å². The van der Waals surface area contributed by atoms with E-state index >= 15 is 0 Å². The number of nitrogens with zero attached hydrogens (tertiary/aromatic N) is 1. The monoisotopic (exact) mass is 501 g/mol. The summed E-state index contributed by atoms with van der Waals surface area (Å²) in [4.78, 5) is 24.6. The number of methoxy groups -OCH3 is 1. The third-order valence-corrected chi connectivity index (χ3v) is 7.06. The smallest absolute Gasteiger partial charge is 0.341 e. The molecule has 7 nitrogen and oxygen atoms in total. The van der Waals surface area contributed by atoms with E-state index in [-0.39, 0.29) is 17.0 Å². The van der Waals surface area contributed by atoms with Crippen LogP contribution in [-0.4, -0.2) is 36.0 Å². The zero-order valence-electron chi connectivity index (χ0n) is 21.5. The first-order chi connectivity index (χ1) is 17.7. The molecule has 1 N–H and O–H groups in total. The van der Waals surface area contributed by atoms with Crippen LogP contribution in [0.1, 0.15) is 49.2 Å². The molecule has 0 spiro atoms. The summed E-state index contributed by atoms with van der Waals surface area (Å²) in [6, 6.07) is 13.4. The normalized spacial score (nSPS) is 14.9. The molecule has 0 saturated carbocycles. The Bertz CT molecular complexity index is 1540. The van der Waals surface area contributed by atoms with Crippen molar-refractivity contribution in [2.75, 3.05) is 20.3 Å². The number of hydrogen-bond donors (Lipinski definition) is 1. The standard InChI is InChI=1S/C30H31NO6/c1-30(2,3)28-13-18-12-27(36-11-7-10-35-4)21(23-17-37-26-9-6-5-8-19(23)26)14-20(18)24-15-25(32)22(29(33)34)16-31(24)28/h5-6,8-9,12,14-17,28H,7,10-11,13H2,1-4H3,(H,33,34)/t28-/m0/s1. The predicted octanol–water partition coefficient (Wildman–Crippen LogP) is 6.19. The number of pyridine rings is 1. The number of aromatic carboxylic acids is 1. The highest BCUT2D eigenvalue weighted by molar-refractivity contribution is 5.97. The van der Waals surface area contributed by atoms with Crippen LogP contribution >= 0.6 is 0 Å². The summed E-state index contributed by atoms with van der Waals surface area (Å²) >= 11 is 0. The lowest BCUT2D eigenvalue weighted by molar-refractivity contribution is 0.0693. The Morgan fingerprint density at radius 2 is 1.89 bits per heavy atom. The summed E-state index contributed by atoms with van der Waals surface area (Å²) in [6.45, 7) is 7.47. The number of hydrogen-bond acceptors (Lipinski definition) is 5. The number of carboxylic acid groups (broad SMARTS) is 1. The van der Waals surface area contributed by atoms with Gasteiger partial charge in [0, 0.05) is 60.5 Å². The van der Waals surface area contributed by atoms with Crippen LogP contribution in [0, 0.1) is 5.41 Å². The first-order valence-electron chi connectivity index (χ1n) is 12.4. The lowest BCUT2D eigenvalue weighted by atomic mass is 9.78. The molecule has 0 amide bonds. The molecule has 0 bridgehead atoms. The van der Waals surface area contributed by atoms with Crippen LogP contribution in [0.4, 0.5) is 0 Å². The number of carboxylic acids is 1. The molecule has 1 aliphatic rings. The van der Waals surface area contributed by atoms with Crippen molar-refractivity contribution in [3.63, 3.8) is 0 Å². The van der Waals surface area contributed by atoms with Gasteiger partial charge in [-0.2, -0.15) is 0 Å². The maximum atomic E-state index is 12.8. The minimum atomic E-state index is -1.22. The van der Waals surface area contributed by atoms with Gasteiger partial charge in [0.15, 0.2) is 5.43 Å². The molecule has 7 heteroatoms. The zero-order valence-corrected chi connectivity index (χ0v) is 21.5. The zero-order chi connectivity index (χ0) is 26.3. The van der Waals surface area contributed by atoms with Crippen LogP contribution in [0.5, 0.6) is 5.75 Å². The van der Waals surface area contributed by atoms with E-state index in [1.807, 2.05) is 34.9 Å². The van der Waals surface area contributed by atoms with Crippen LogP contribution in [-0.2, 0) is 11.2 Å². The summed E-state index contributed by atoms with van der Waals surface area (Å²) < 4.78 is 19.3. The minimum absolute atomic E-state index is 0.0457. The van der Waals surface area contributed by atoms with Gasteiger partial charge in [-0.05, 0) is 35.6 Å². The fourth-order valence-electron chi connectivity index (χ4n) is 5.15. The Morgan fingerprint density at radius 3 is 2.62 bits per heavy atom. The molecule has 2 aromatic heterocycles. The van der Waals surface area contributed by atoms with Gasteiger partial charge in [-0.25, -0.2) is 4.79 Å². The van der Waals surface area contributed by atoms with E-state index in [9.17, 15) is 14.7 Å². The number of rotatable bonds is 7. The molecule has 1 aliphatic heterocycles. The maximum absolute atomic E-state index is 12.8. The van der Waals surface area contributed by atoms with Gasteiger partial charge >= 0.3 is 5.97 Å². The van der Waals surface area contributed by atoms with Crippen molar-refractivity contribution in [1.29, 1.82) is 0 Å². The molecule has 1 atom stereocenters. The van der Waals surface area contributed by atoms with Crippen molar-refractivity contribution >= 4 is 16.9 Å². The highest BCUT2D eigenvalue weighted by Gasteiger charge is 2.34. The Hall–Kier alpha value is -3.84. The molecule has 5 rings (SSSR count). The van der Waals surface area contributed by atoms with Crippen molar-refractivity contribution in [3.05, 3.63) is 76.3 Å². The van der Waals surface area contributed by atoms with E-state index in [4.69, 9.17) is 13.9 Å². The van der Waals surface area contributed by atoms with Crippen molar-refractivity contribution < 1.29 is 23.8 Å². The molecule has 4 aromatic rings. The van der Waals surface area contributed by atoms with E-state index in [1.54, 1.807) is 13.4 Å². The largest absolute Gasteiger partial charge is 0.493 e. The van der Waals surface area contributed by atoms with Crippen LogP contribution in [0.25, 0.3) is 33.4 Å². The van der Waals surface area contributed by atoms with Gasteiger partial charge in [0.1, 0.15) is 16.9 Å². The van der Waals surface area contributed by atoms with Crippen LogP contribution in [0.3, 0.4) is 0 Å². The molecular weight excluding hydrogens is 470 g/mol. The molecular formula is C30H31NO6. The number of carbonyl (C=O) groups is 1. The van der Waals surface area contributed by atoms with Gasteiger partial charge in [-0.15, -0.1) is 0 Å². The molecule has 37 heavy (non-hydrogen) atoms. The van der Waals surface area contributed by atoms with Crippen molar-refractivity contribution in [3.8, 4) is 28.1 Å². The number of aromatic nitrogens is 1. The first-order valence-corrected chi connectivity index (χ1v) is 12.4. The summed E-state index contributed by atoms with van der Waals surface area (Å²) in [7, 11) is 1.67. The maximum Gasteiger partial charge on any atom is 0.341 e. The molecule has 0 unspecified atom stereocenters. The summed E-state index contributed by atoms with van der Waals surface area (Å²) in [6.07, 6.45) is 4.66. The highest BCUT2D eigenvalue weighted by atomic mass is 16.5. The van der Waals surface area contributed by atoms with Gasteiger partial charge in [0.05, 0.1) is 18.6 Å². The molecule has 3 heterocycles. The van der Waals surface area contributed by atoms with Crippen molar-refractivity contribution in [2.45, 2.75) is 39.7 Å². The molecule has 0 aliphatic carbocycles. The summed E-state index contributed by atoms with van der Waals surface area (Å²) in [5.74, 6) is -0.476. The average Bonchev–Trinajstić information content (AvgIpc) is 3.28. The van der Waals surface area contributed by atoms with Gasteiger partial charge in [0.25, 0.3) is 0 Å². The van der Waals surface area contributed by atoms with E-state index in [2.05, 4.69) is 26.8 Å². The number of para-hydroxylation sites is 1. The van der Waals surface area contributed by atoms with E-state index in [0.717, 1.165) is 45.4 Å². The highest BCUT2D eigenvalue weighted by Crippen LogP contribution is 2.47. The number of furan rings is 1. The fraction of sp³-hybridized carbons (Fsp3) is 0.333. The van der Waals surface area contributed by atoms with Crippen LogP contribution in [0.15, 0.2) is 64.1 Å². The van der Waals surface area contributed by atoms with Crippen molar-refractivity contribution in [2.24, 2.45) is 5.41 Å². The molecule has 0 fully saturated rings. The predicted molar refractivity (Wildman–Crippen MR) is 142 cm³/mol. The second-order valence-corrected chi connectivity index (χ2v) is 10.6. The Kier molecular flexibility index (Phi) is 6.42. The van der Waals surface area contributed by atoms with Gasteiger partial charge < -0.3 is 23.6 Å². The first kappa shape index (κ1) is 24.8. The number of benzene rings is 2. The number of ether oxygens (including phenoxy) is 2. The van der Waals surface area contributed by atoms with Gasteiger partial charge in [-0.1, -0.05) is 39.0 Å². The fourth-order valence-corrected chi connectivity index (χ4v) is 5.15. The molecule has 0 saturated heterocycles. The minimum Gasteiger partial charge on any atom is -0.493 e. The molecule has 0 radical (unpaired) electrons. The second-order valence-electron chi connectivity index (χ2n) is 10.6. The van der Waals surface area contributed by atoms with Crippen molar-refractivity contribution in [1.82, 2.24) is 4.57 Å². The van der Waals surface area contributed by atoms with Crippen LogP contribution in [0.2, 0.25) is 0 Å². The lowest BCUT2D eigenvalue weighted by Gasteiger charge is -2.39.